The number of piperazine rings is 1. The lowest BCUT2D eigenvalue weighted by Crippen LogP contribution is -2.49. The van der Waals surface area contributed by atoms with Crippen molar-refractivity contribution in [3.63, 3.8) is 0 Å². The molecule has 3 rings (SSSR count). The first-order valence-corrected chi connectivity index (χ1v) is 7.61. The average molecular weight is 292 g/mol. The van der Waals surface area contributed by atoms with E-state index in [2.05, 4.69) is 15.2 Å². The SMILES string of the molecule is CCNc1ncc(F)cc1C(=O)N1CCN(C2CC2)CC1. The Hall–Kier alpha value is -1.69. The third-order valence-corrected chi connectivity index (χ3v) is 4.09. The highest BCUT2D eigenvalue weighted by Gasteiger charge is 2.33. The van der Waals surface area contributed by atoms with Crippen molar-refractivity contribution in [1.29, 1.82) is 0 Å². The van der Waals surface area contributed by atoms with Crippen LogP contribution in [0.25, 0.3) is 0 Å². The third kappa shape index (κ3) is 3.15. The van der Waals surface area contributed by atoms with Gasteiger partial charge in [-0.2, -0.15) is 0 Å². The van der Waals surface area contributed by atoms with E-state index in [4.69, 9.17) is 0 Å². The summed E-state index contributed by atoms with van der Waals surface area (Å²) in [6.45, 7) is 5.81. The van der Waals surface area contributed by atoms with Gasteiger partial charge in [-0.3, -0.25) is 9.69 Å². The molecule has 21 heavy (non-hydrogen) atoms. The summed E-state index contributed by atoms with van der Waals surface area (Å²) in [6, 6.07) is 2.01. The molecule has 1 saturated heterocycles. The molecule has 114 valence electrons. The summed E-state index contributed by atoms with van der Waals surface area (Å²) in [5.74, 6) is -0.140. The summed E-state index contributed by atoms with van der Waals surface area (Å²) in [6.07, 6.45) is 3.71. The fourth-order valence-electron chi connectivity index (χ4n) is 2.81. The van der Waals surface area contributed by atoms with Crippen molar-refractivity contribution >= 4 is 11.7 Å². The Morgan fingerprint density at radius 1 is 1.38 bits per heavy atom. The summed E-state index contributed by atoms with van der Waals surface area (Å²) in [5, 5.41) is 3.02. The summed E-state index contributed by atoms with van der Waals surface area (Å²) in [4.78, 5) is 20.8. The number of hydrogen-bond acceptors (Lipinski definition) is 4. The van der Waals surface area contributed by atoms with Gasteiger partial charge in [-0.25, -0.2) is 9.37 Å². The molecule has 1 saturated carbocycles. The van der Waals surface area contributed by atoms with Gasteiger partial charge >= 0.3 is 0 Å². The molecule has 0 spiro atoms. The summed E-state index contributed by atoms with van der Waals surface area (Å²) < 4.78 is 13.4. The number of halogens is 1. The zero-order valence-corrected chi connectivity index (χ0v) is 12.3. The molecule has 1 aromatic heterocycles. The van der Waals surface area contributed by atoms with Crippen LogP contribution in [0.1, 0.15) is 30.1 Å². The zero-order chi connectivity index (χ0) is 14.8. The molecule has 5 nitrogen and oxygen atoms in total. The Bertz CT molecular complexity index is 524. The van der Waals surface area contributed by atoms with Crippen LogP contribution >= 0.6 is 0 Å². The van der Waals surface area contributed by atoms with Crippen LogP contribution in [-0.2, 0) is 0 Å². The van der Waals surface area contributed by atoms with Crippen molar-refractivity contribution in [1.82, 2.24) is 14.8 Å². The highest BCUT2D eigenvalue weighted by atomic mass is 19.1. The number of pyridine rings is 1. The predicted molar refractivity (Wildman–Crippen MR) is 78.9 cm³/mol. The molecule has 2 aliphatic rings. The fraction of sp³-hybridized carbons (Fsp3) is 0.600. The Morgan fingerprint density at radius 2 is 2.10 bits per heavy atom. The molecule has 1 aliphatic carbocycles. The Labute approximate surface area is 124 Å². The summed E-state index contributed by atoms with van der Waals surface area (Å²) >= 11 is 0. The minimum Gasteiger partial charge on any atom is -0.370 e. The van der Waals surface area contributed by atoms with E-state index in [1.54, 1.807) is 4.90 Å². The molecular formula is C15H21FN4O. The van der Waals surface area contributed by atoms with Crippen LogP contribution in [0.15, 0.2) is 12.3 Å². The highest BCUT2D eigenvalue weighted by molar-refractivity contribution is 5.98. The maximum atomic E-state index is 13.4. The average Bonchev–Trinajstić information content (AvgIpc) is 3.33. The van der Waals surface area contributed by atoms with Gasteiger partial charge in [0.2, 0.25) is 0 Å². The maximum Gasteiger partial charge on any atom is 0.257 e. The minimum absolute atomic E-state index is 0.131. The van der Waals surface area contributed by atoms with Crippen molar-refractivity contribution in [3.05, 3.63) is 23.6 Å². The molecular weight excluding hydrogens is 271 g/mol. The summed E-state index contributed by atoms with van der Waals surface area (Å²) in [5.41, 5.74) is 0.330. The topological polar surface area (TPSA) is 48.5 Å². The summed E-state index contributed by atoms with van der Waals surface area (Å²) in [7, 11) is 0. The van der Waals surface area contributed by atoms with Crippen molar-refractivity contribution in [2.24, 2.45) is 0 Å². The third-order valence-electron chi connectivity index (χ3n) is 4.09. The van der Waals surface area contributed by atoms with E-state index in [-0.39, 0.29) is 5.91 Å². The van der Waals surface area contributed by atoms with Crippen LogP contribution in [0.4, 0.5) is 10.2 Å². The number of carbonyl (C=O) groups excluding carboxylic acids is 1. The quantitative estimate of drug-likeness (QED) is 0.915. The molecule has 0 bridgehead atoms. The van der Waals surface area contributed by atoms with E-state index >= 15 is 0 Å². The first-order chi connectivity index (χ1) is 10.2. The number of nitrogens with one attached hydrogen (secondary N) is 1. The van der Waals surface area contributed by atoms with Crippen LogP contribution in [0, 0.1) is 5.82 Å². The maximum absolute atomic E-state index is 13.4. The molecule has 1 aliphatic heterocycles. The molecule has 0 unspecified atom stereocenters. The largest absolute Gasteiger partial charge is 0.370 e. The second-order valence-corrected chi connectivity index (χ2v) is 5.64. The lowest BCUT2D eigenvalue weighted by Gasteiger charge is -2.35. The molecule has 2 heterocycles. The number of anilines is 1. The van der Waals surface area contributed by atoms with E-state index < -0.39 is 5.82 Å². The monoisotopic (exact) mass is 292 g/mol. The first kappa shape index (κ1) is 14.3. The number of hydrogen-bond donors (Lipinski definition) is 1. The lowest BCUT2D eigenvalue weighted by molar-refractivity contribution is 0.0627. The second kappa shape index (κ2) is 5.97. The van der Waals surface area contributed by atoms with Crippen molar-refractivity contribution in [2.45, 2.75) is 25.8 Å². The van der Waals surface area contributed by atoms with Crippen molar-refractivity contribution < 1.29 is 9.18 Å². The standard InChI is InChI=1S/C15H21FN4O/c1-2-17-14-13(9-11(16)10-18-14)15(21)20-7-5-19(6-8-20)12-3-4-12/h9-10,12H,2-8H2,1H3,(H,17,18). The predicted octanol–water partition coefficient (Wildman–Crippen LogP) is 1.57. The molecule has 1 amide bonds. The van der Waals surface area contributed by atoms with Crippen LogP contribution < -0.4 is 5.32 Å². The van der Waals surface area contributed by atoms with E-state index in [0.29, 0.717) is 31.0 Å². The smallest absolute Gasteiger partial charge is 0.257 e. The Balaban J connectivity index is 1.71. The second-order valence-electron chi connectivity index (χ2n) is 5.64. The van der Waals surface area contributed by atoms with Gasteiger partial charge in [0.1, 0.15) is 11.6 Å². The minimum atomic E-state index is -0.475. The molecule has 0 aromatic carbocycles. The van der Waals surface area contributed by atoms with Gasteiger partial charge in [0, 0.05) is 38.8 Å². The van der Waals surface area contributed by atoms with E-state index in [1.807, 2.05) is 6.92 Å². The normalized spacial score (nSPS) is 19.6. The molecule has 0 atom stereocenters. The van der Waals surface area contributed by atoms with Crippen molar-refractivity contribution in [3.8, 4) is 0 Å². The molecule has 1 aromatic rings. The highest BCUT2D eigenvalue weighted by Crippen LogP contribution is 2.28. The molecule has 2 fully saturated rings. The van der Waals surface area contributed by atoms with Gasteiger partial charge in [0.05, 0.1) is 11.8 Å². The zero-order valence-electron chi connectivity index (χ0n) is 12.3. The van der Waals surface area contributed by atoms with Gasteiger partial charge < -0.3 is 10.2 Å². The van der Waals surface area contributed by atoms with Crippen LogP contribution in [0.5, 0.6) is 0 Å². The number of aromatic nitrogens is 1. The van der Waals surface area contributed by atoms with Gasteiger partial charge in [-0.1, -0.05) is 0 Å². The van der Waals surface area contributed by atoms with E-state index in [0.717, 1.165) is 25.3 Å². The van der Waals surface area contributed by atoms with Crippen molar-refractivity contribution in [2.75, 3.05) is 38.0 Å². The molecule has 1 N–H and O–H groups in total. The van der Waals surface area contributed by atoms with Crippen LogP contribution in [-0.4, -0.2) is 59.5 Å². The van der Waals surface area contributed by atoms with Gasteiger partial charge in [-0.15, -0.1) is 0 Å². The van der Waals surface area contributed by atoms with Crippen LogP contribution in [0.3, 0.4) is 0 Å². The lowest BCUT2D eigenvalue weighted by atomic mass is 10.2. The number of carbonyl (C=O) groups is 1. The first-order valence-electron chi connectivity index (χ1n) is 7.61. The number of nitrogens with zero attached hydrogens (tertiary/aromatic N) is 3. The van der Waals surface area contributed by atoms with E-state index in [1.165, 1.54) is 18.9 Å². The Kier molecular flexibility index (Phi) is 4.05. The number of amides is 1. The van der Waals surface area contributed by atoms with Crippen LogP contribution in [0.2, 0.25) is 0 Å². The van der Waals surface area contributed by atoms with Gasteiger partial charge in [0.15, 0.2) is 0 Å². The number of rotatable bonds is 4. The Morgan fingerprint density at radius 3 is 2.71 bits per heavy atom. The fourth-order valence-corrected chi connectivity index (χ4v) is 2.81. The van der Waals surface area contributed by atoms with E-state index in [9.17, 15) is 9.18 Å². The van der Waals surface area contributed by atoms with Gasteiger partial charge in [-0.05, 0) is 25.8 Å². The molecule has 0 radical (unpaired) electrons. The van der Waals surface area contributed by atoms with Gasteiger partial charge in [0.25, 0.3) is 5.91 Å². The molecule has 6 heteroatoms.